The summed E-state index contributed by atoms with van der Waals surface area (Å²) in [5.74, 6) is 0.0373. The molecule has 18 heavy (non-hydrogen) atoms. The molecule has 0 amide bonds. The normalized spacial score (nSPS) is 12.6. The summed E-state index contributed by atoms with van der Waals surface area (Å²) in [6, 6.07) is 0. The minimum Gasteiger partial charge on any atom is -0.290 e. The van der Waals surface area contributed by atoms with E-state index in [0.29, 0.717) is 0 Å². The summed E-state index contributed by atoms with van der Waals surface area (Å²) in [6.45, 7) is 4.35. The molecule has 0 spiro atoms. The lowest BCUT2D eigenvalue weighted by atomic mass is 10.2. The molecule has 0 radical (unpaired) electrons. The van der Waals surface area contributed by atoms with E-state index in [1.165, 1.54) is 25.7 Å². The molecule has 0 unspecified atom stereocenters. The molecule has 1 nitrogen and oxygen atoms in total. The number of allylic oxidation sites excluding steroid dienone is 8. The second kappa shape index (κ2) is 13.7. The van der Waals surface area contributed by atoms with Crippen LogP contribution in [0.25, 0.3) is 0 Å². The van der Waals surface area contributed by atoms with Crippen LogP contribution in [0.4, 0.5) is 0 Å². The lowest BCUT2D eigenvalue weighted by Crippen LogP contribution is -1.82. The molecule has 0 aromatic rings. The predicted octanol–water partition coefficient (Wildman–Crippen LogP) is 5.16. The van der Waals surface area contributed by atoms with Crippen LogP contribution >= 0.6 is 0 Å². The molecule has 0 atom stereocenters. The van der Waals surface area contributed by atoms with E-state index >= 15 is 0 Å². The first kappa shape index (κ1) is 16.6. The van der Waals surface area contributed by atoms with Crippen molar-refractivity contribution in [2.75, 3.05) is 0 Å². The third-order valence-corrected chi connectivity index (χ3v) is 2.46. The second-order valence-corrected chi connectivity index (χ2v) is 4.26. The SMILES string of the molecule is CCCC/C=C/C=C/C(=O)/C=C/C=C/CCCC. The first-order valence-electron chi connectivity index (χ1n) is 7.01. The molecule has 0 rings (SSSR count). The Morgan fingerprint density at radius 2 is 1.22 bits per heavy atom. The Kier molecular flexibility index (Phi) is 12.7. The van der Waals surface area contributed by atoms with Crippen molar-refractivity contribution in [3.8, 4) is 0 Å². The van der Waals surface area contributed by atoms with Gasteiger partial charge in [-0.2, -0.15) is 0 Å². The maximum Gasteiger partial charge on any atom is 0.178 e. The van der Waals surface area contributed by atoms with Gasteiger partial charge in [0, 0.05) is 0 Å². The van der Waals surface area contributed by atoms with Gasteiger partial charge in [-0.25, -0.2) is 0 Å². The summed E-state index contributed by atoms with van der Waals surface area (Å²) in [4.78, 5) is 11.4. The first-order chi connectivity index (χ1) is 8.81. The highest BCUT2D eigenvalue weighted by atomic mass is 16.1. The van der Waals surface area contributed by atoms with E-state index in [4.69, 9.17) is 0 Å². The summed E-state index contributed by atoms with van der Waals surface area (Å²) in [5, 5.41) is 0. The average Bonchev–Trinajstić information content (AvgIpc) is 2.38. The van der Waals surface area contributed by atoms with Crippen molar-refractivity contribution in [3.63, 3.8) is 0 Å². The molecule has 0 N–H and O–H groups in total. The third kappa shape index (κ3) is 12.7. The van der Waals surface area contributed by atoms with E-state index in [-0.39, 0.29) is 5.78 Å². The van der Waals surface area contributed by atoms with E-state index in [2.05, 4.69) is 26.0 Å². The molecule has 0 aliphatic rings. The maximum atomic E-state index is 11.4. The number of hydrogen-bond acceptors (Lipinski definition) is 1. The van der Waals surface area contributed by atoms with Gasteiger partial charge in [0.25, 0.3) is 0 Å². The van der Waals surface area contributed by atoms with Gasteiger partial charge in [-0.05, 0) is 25.0 Å². The number of hydrogen-bond donors (Lipinski definition) is 0. The fourth-order valence-electron chi connectivity index (χ4n) is 1.35. The van der Waals surface area contributed by atoms with Gasteiger partial charge in [0.2, 0.25) is 0 Å². The Labute approximate surface area is 112 Å². The van der Waals surface area contributed by atoms with Crippen molar-refractivity contribution < 1.29 is 4.79 Å². The third-order valence-electron chi connectivity index (χ3n) is 2.46. The number of carbonyl (C=O) groups excluding carboxylic acids is 1. The van der Waals surface area contributed by atoms with Gasteiger partial charge in [0.05, 0.1) is 0 Å². The molecule has 100 valence electrons. The van der Waals surface area contributed by atoms with Crippen LogP contribution in [0.15, 0.2) is 48.6 Å². The van der Waals surface area contributed by atoms with Gasteiger partial charge in [-0.1, -0.05) is 76.0 Å². The first-order valence-corrected chi connectivity index (χ1v) is 7.01. The lowest BCUT2D eigenvalue weighted by molar-refractivity contribution is -0.110. The van der Waals surface area contributed by atoms with Gasteiger partial charge in [-0.15, -0.1) is 0 Å². The molecule has 0 aliphatic heterocycles. The van der Waals surface area contributed by atoms with E-state index in [1.807, 2.05) is 24.3 Å². The smallest absolute Gasteiger partial charge is 0.178 e. The van der Waals surface area contributed by atoms with Crippen LogP contribution in [-0.2, 0) is 4.79 Å². The van der Waals surface area contributed by atoms with Crippen LogP contribution in [0.1, 0.15) is 52.4 Å². The number of unbranched alkanes of at least 4 members (excludes halogenated alkanes) is 4. The van der Waals surface area contributed by atoms with Gasteiger partial charge in [0.15, 0.2) is 5.78 Å². The van der Waals surface area contributed by atoms with Gasteiger partial charge in [-0.3, -0.25) is 4.79 Å². The van der Waals surface area contributed by atoms with Gasteiger partial charge in [0.1, 0.15) is 0 Å². The Bertz CT molecular complexity index is 276. The molecule has 0 heterocycles. The molecule has 0 aromatic heterocycles. The summed E-state index contributed by atoms with van der Waals surface area (Å²) < 4.78 is 0. The minimum absolute atomic E-state index is 0.0373. The van der Waals surface area contributed by atoms with Crippen LogP contribution in [0.3, 0.4) is 0 Å². The Balaban J connectivity index is 3.75. The van der Waals surface area contributed by atoms with Crippen LogP contribution in [0, 0.1) is 0 Å². The Hall–Kier alpha value is -1.37. The summed E-state index contributed by atoms with van der Waals surface area (Å²) in [6.07, 6.45) is 21.9. The molecular weight excluding hydrogens is 220 g/mol. The standard InChI is InChI=1S/C17H26O/c1-3-5-7-9-11-13-15-17(18)16-14-12-10-8-6-4-2/h9-16H,3-8H2,1-2H3/b11-9+,12-10+,15-13+,16-14+. The summed E-state index contributed by atoms with van der Waals surface area (Å²) in [5.41, 5.74) is 0. The molecule has 0 aromatic carbocycles. The van der Waals surface area contributed by atoms with Crippen LogP contribution in [0.2, 0.25) is 0 Å². The van der Waals surface area contributed by atoms with E-state index in [9.17, 15) is 4.79 Å². The van der Waals surface area contributed by atoms with Crippen LogP contribution in [-0.4, -0.2) is 5.78 Å². The monoisotopic (exact) mass is 246 g/mol. The number of carbonyl (C=O) groups is 1. The molecule has 0 saturated heterocycles. The van der Waals surface area contributed by atoms with E-state index in [1.54, 1.807) is 12.2 Å². The van der Waals surface area contributed by atoms with Crippen molar-refractivity contribution in [1.29, 1.82) is 0 Å². The van der Waals surface area contributed by atoms with E-state index in [0.717, 1.165) is 12.8 Å². The highest BCUT2D eigenvalue weighted by molar-refractivity contribution is 5.99. The van der Waals surface area contributed by atoms with Crippen molar-refractivity contribution in [2.45, 2.75) is 52.4 Å². The zero-order valence-corrected chi connectivity index (χ0v) is 11.8. The Morgan fingerprint density at radius 3 is 1.61 bits per heavy atom. The Morgan fingerprint density at radius 1 is 0.778 bits per heavy atom. The fraction of sp³-hybridized carbons (Fsp3) is 0.471. The van der Waals surface area contributed by atoms with Crippen molar-refractivity contribution in [3.05, 3.63) is 48.6 Å². The quantitative estimate of drug-likeness (QED) is 0.295. The molecule has 0 bridgehead atoms. The molecule has 0 aliphatic carbocycles. The average molecular weight is 246 g/mol. The molecule has 0 saturated carbocycles. The maximum absolute atomic E-state index is 11.4. The lowest BCUT2D eigenvalue weighted by Gasteiger charge is -1.86. The second-order valence-electron chi connectivity index (χ2n) is 4.26. The number of ketones is 1. The fourth-order valence-corrected chi connectivity index (χ4v) is 1.35. The number of rotatable bonds is 10. The zero-order valence-electron chi connectivity index (χ0n) is 11.8. The highest BCUT2D eigenvalue weighted by Gasteiger charge is 1.84. The predicted molar refractivity (Wildman–Crippen MR) is 80.6 cm³/mol. The largest absolute Gasteiger partial charge is 0.290 e. The van der Waals surface area contributed by atoms with E-state index < -0.39 is 0 Å². The van der Waals surface area contributed by atoms with Gasteiger partial charge >= 0.3 is 0 Å². The van der Waals surface area contributed by atoms with Crippen molar-refractivity contribution in [1.82, 2.24) is 0 Å². The van der Waals surface area contributed by atoms with Crippen molar-refractivity contribution >= 4 is 5.78 Å². The zero-order chi connectivity index (χ0) is 13.5. The van der Waals surface area contributed by atoms with Crippen LogP contribution in [0.5, 0.6) is 0 Å². The molecule has 0 fully saturated rings. The summed E-state index contributed by atoms with van der Waals surface area (Å²) in [7, 11) is 0. The highest BCUT2D eigenvalue weighted by Crippen LogP contribution is 1.96. The van der Waals surface area contributed by atoms with Crippen LogP contribution < -0.4 is 0 Å². The van der Waals surface area contributed by atoms with Gasteiger partial charge < -0.3 is 0 Å². The summed E-state index contributed by atoms with van der Waals surface area (Å²) >= 11 is 0. The molecular formula is C17H26O. The van der Waals surface area contributed by atoms with Crippen molar-refractivity contribution in [2.24, 2.45) is 0 Å². The topological polar surface area (TPSA) is 17.1 Å². The minimum atomic E-state index is 0.0373. The molecule has 1 heteroatoms.